The second-order valence-corrected chi connectivity index (χ2v) is 4.37. The van der Waals surface area contributed by atoms with Gasteiger partial charge in [0.2, 0.25) is 5.91 Å². The Balaban J connectivity index is 2.26. The van der Waals surface area contributed by atoms with Gasteiger partial charge >= 0.3 is 0 Å². The summed E-state index contributed by atoms with van der Waals surface area (Å²) in [6, 6.07) is 9.82. The van der Waals surface area contributed by atoms with Crippen LogP contribution in [0.15, 0.2) is 30.3 Å². The highest BCUT2D eigenvalue weighted by Crippen LogP contribution is 2.04. The van der Waals surface area contributed by atoms with E-state index in [1.165, 1.54) is 0 Å². The van der Waals surface area contributed by atoms with Crippen LogP contribution in [0.2, 0.25) is 0 Å². The number of nitrogens with two attached hydrogens (primary N) is 1. The van der Waals surface area contributed by atoms with E-state index in [1.807, 2.05) is 52.9 Å². The summed E-state index contributed by atoms with van der Waals surface area (Å²) < 4.78 is 5.08. The summed E-state index contributed by atoms with van der Waals surface area (Å²) in [5.74, 6) is -0.335. The predicted molar refractivity (Wildman–Crippen MR) is 63.1 cm³/mol. The second-order valence-electron chi connectivity index (χ2n) is 2.87. The molecular formula is C10H12INO2. The average molecular weight is 305 g/mol. The van der Waals surface area contributed by atoms with Crippen LogP contribution in [-0.4, -0.2) is 16.4 Å². The Morgan fingerprint density at radius 1 is 1.43 bits per heavy atom. The van der Waals surface area contributed by atoms with Gasteiger partial charge in [0.1, 0.15) is 3.92 Å². The summed E-state index contributed by atoms with van der Waals surface area (Å²) in [4.78, 5) is 10.7. The van der Waals surface area contributed by atoms with E-state index in [4.69, 9.17) is 10.5 Å². The van der Waals surface area contributed by atoms with Crippen molar-refractivity contribution in [3.8, 4) is 0 Å². The third-order valence-corrected chi connectivity index (χ3v) is 2.66. The minimum Gasteiger partial charge on any atom is -0.375 e. The number of primary amides is 1. The third kappa shape index (κ3) is 4.06. The van der Waals surface area contributed by atoms with Crippen molar-refractivity contribution in [3.63, 3.8) is 0 Å². The monoisotopic (exact) mass is 305 g/mol. The molecule has 0 heterocycles. The van der Waals surface area contributed by atoms with Crippen LogP contribution in [0.25, 0.3) is 0 Å². The molecule has 1 amide bonds. The zero-order chi connectivity index (χ0) is 10.4. The number of amides is 1. The number of ether oxygens (including phenoxy) is 1. The number of carbonyl (C=O) groups is 1. The van der Waals surface area contributed by atoms with Crippen molar-refractivity contribution < 1.29 is 9.53 Å². The maximum Gasteiger partial charge on any atom is 0.232 e. The van der Waals surface area contributed by atoms with E-state index in [0.29, 0.717) is 13.2 Å². The summed E-state index contributed by atoms with van der Waals surface area (Å²) in [7, 11) is 0. The SMILES string of the molecule is NC(=O)[C@H](I)COCc1ccccc1. The molecule has 0 aliphatic rings. The molecule has 0 fully saturated rings. The topological polar surface area (TPSA) is 52.3 Å². The largest absolute Gasteiger partial charge is 0.375 e. The highest BCUT2D eigenvalue weighted by atomic mass is 127. The molecule has 1 atom stereocenters. The zero-order valence-electron chi connectivity index (χ0n) is 7.65. The van der Waals surface area contributed by atoms with Crippen LogP contribution in [0.3, 0.4) is 0 Å². The fourth-order valence-corrected chi connectivity index (χ4v) is 1.19. The highest BCUT2D eigenvalue weighted by molar-refractivity contribution is 14.1. The van der Waals surface area contributed by atoms with E-state index in [0.717, 1.165) is 5.56 Å². The van der Waals surface area contributed by atoms with E-state index >= 15 is 0 Å². The number of hydrogen-bond acceptors (Lipinski definition) is 2. The molecule has 3 nitrogen and oxygen atoms in total. The Morgan fingerprint density at radius 3 is 2.64 bits per heavy atom. The predicted octanol–water partition coefficient (Wildman–Crippen LogP) is 1.49. The lowest BCUT2D eigenvalue weighted by Gasteiger charge is -2.06. The molecule has 0 unspecified atom stereocenters. The first-order valence-electron chi connectivity index (χ1n) is 4.25. The van der Waals surface area contributed by atoms with Crippen LogP contribution in [0.4, 0.5) is 0 Å². The van der Waals surface area contributed by atoms with Crippen LogP contribution in [0.1, 0.15) is 5.56 Å². The van der Waals surface area contributed by atoms with Gasteiger partial charge in [-0.2, -0.15) is 0 Å². The van der Waals surface area contributed by atoms with Gasteiger partial charge in [0, 0.05) is 0 Å². The molecule has 4 heteroatoms. The fraction of sp³-hybridized carbons (Fsp3) is 0.300. The van der Waals surface area contributed by atoms with Crippen molar-refractivity contribution in [3.05, 3.63) is 35.9 Å². The van der Waals surface area contributed by atoms with Gasteiger partial charge < -0.3 is 10.5 Å². The maximum absolute atomic E-state index is 10.7. The first kappa shape index (κ1) is 11.5. The van der Waals surface area contributed by atoms with Crippen molar-refractivity contribution in [2.24, 2.45) is 5.73 Å². The summed E-state index contributed by atoms with van der Waals surface area (Å²) in [6.07, 6.45) is 0. The molecule has 14 heavy (non-hydrogen) atoms. The summed E-state index contributed by atoms with van der Waals surface area (Å²) in [5, 5.41) is 0. The Labute approximate surface area is 96.8 Å². The molecule has 0 saturated heterocycles. The minimum atomic E-state index is -0.335. The molecule has 0 bridgehead atoms. The number of carbonyl (C=O) groups excluding carboxylic acids is 1. The van der Waals surface area contributed by atoms with E-state index in [9.17, 15) is 4.79 Å². The quantitative estimate of drug-likeness (QED) is 0.662. The van der Waals surface area contributed by atoms with Gasteiger partial charge in [-0.15, -0.1) is 0 Å². The lowest BCUT2D eigenvalue weighted by atomic mass is 10.2. The smallest absolute Gasteiger partial charge is 0.232 e. The molecule has 0 spiro atoms. The van der Waals surface area contributed by atoms with Crippen LogP contribution in [0.5, 0.6) is 0 Å². The van der Waals surface area contributed by atoms with E-state index in [2.05, 4.69) is 0 Å². The van der Waals surface area contributed by atoms with Crippen molar-refractivity contribution in [2.45, 2.75) is 10.5 Å². The number of rotatable bonds is 5. The first-order chi connectivity index (χ1) is 6.70. The lowest BCUT2D eigenvalue weighted by Crippen LogP contribution is -2.27. The summed E-state index contributed by atoms with van der Waals surface area (Å²) >= 11 is 1.97. The van der Waals surface area contributed by atoms with E-state index in [-0.39, 0.29) is 9.83 Å². The molecule has 0 aliphatic carbocycles. The highest BCUT2D eigenvalue weighted by Gasteiger charge is 2.09. The molecular weight excluding hydrogens is 293 g/mol. The molecule has 0 saturated carbocycles. The lowest BCUT2D eigenvalue weighted by molar-refractivity contribution is -0.118. The standard InChI is InChI=1S/C10H12INO2/c11-9(10(12)13)7-14-6-8-4-2-1-3-5-8/h1-5,9H,6-7H2,(H2,12,13)/t9-/m1/s1. The first-order valence-corrected chi connectivity index (χ1v) is 5.50. The molecule has 2 N–H and O–H groups in total. The van der Waals surface area contributed by atoms with Crippen molar-refractivity contribution in [1.82, 2.24) is 0 Å². The van der Waals surface area contributed by atoms with Gasteiger partial charge in [0.25, 0.3) is 0 Å². The number of halogens is 1. The fourth-order valence-electron chi connectivity index (χ4n) is 0.937. The van der Waals surface area contributed by atoms with E-state index in [1.54, 1.807) is 0 Å². The van der Waals surface area contributed by atoms with Gasteiger partial charge in [-0.3, -0.25) is 4.79 Å². The Hall–Kier alpha value is -0.620. The summed E-state index contributed by atoms with van der Waals surface area (Å²) in [6.45, 7) is 0.887. The minimum absolute atomic E-state index is 0.253. The molecule has 0 radical (unpaired) electrons. The Kier molecular flexibility index (Phi) is 4.89. The molecule has 1 aromatic rings. The van der Waals surface area contributed by atoms with Gasteiger partial charge in [-0.05, 0) is 5.56 Å². The molecule has 1 rings (SSSR count). The van der Waals surface area contributed by atoms with Crippen molar-refractivity contribution in [2.75, 3.05) is 6.61 Å². The number of benzene rings is 1. The van der Waals surface area contributed by atoms with E-state index < -0.39 is 0 Å². The van der Waals surface area contributed by atoms with Crippen LogP contribution in [-0.2, 0) is 16.1 Å². The van der Waals surface area contributed by atoms with Crippen LogP contribution in [0, 0.1) is 0 Å². The number of hydrogen-bond donors (Lipinski definition) is 1. The molecule has 1 aromatic carbocycles. The van der Waals surface area contributed by atoms with Crippen LogP contribution < -0.4 is 5.73 Å². The maximum atomic E-state index is 10.7. The molecule has 0 aliphatic heterocycles. The normalized spacial score (nSPS) is 12.4. The Bertz CT molecular complexity index is 289. The van der Waals surface area contributed by atoms with Crippen LogP contribution >= 0.6 is 22.6 Å². The van der Waals surface area contributed by atoms with Gasteiger partial charge in [0.05, 0.1) is 13.2 Å². The zero-order valence-corrected chi connectivity index (χ0v) is 9.81. The third-order valence-electron chi connectivity index (χ3n) is 1.68. The Morgan fingerprint density at radius 2 is 2.07 bits per heavy atom. The van der Waals surface area contributed by atoms with Crippen molar-refractivity contribution >= 4 is 28.5 Å². The average Bonchev–Trinajstić information content (AvgIpc) is 2.19. The molecule has 76 valence electrons. The number of alkyl halides is 1. The molecule has 0 aromatic heterocycles. The summed E-state index contributed by atoms with van der Waals surface area (Å²) in [5.41, 5.74) is 6.19. The second kappa shape index (κ2) is 5.98. The van der Waals surface area contributed by atoms with Gasteiger partial charge in [0.15, 0.2) is 0 Å². The van der Waals surface area contributed by atoms with Crippen molar-refractivity contribution in [1.29, 1.82) is 0 Å². The van der Waals surface area contributed by atoms with Gasteiger partial charge in [-0.1, -0.05) is 52.9 Å². The van der Waals surface area contributed by atoms with Gasteiger partial charge in [-0.25, -0.2) is 0 Å².